The molecule has 2 aromatic carbocycles. The predicted molar refractivity (Wildman–Crippen MR) is 126 cm³/mol. The first-order chi connectivity index (χ1) is 15.2. The number of rotatable bonds is 6. The van der Waals surface area contributed by atoms with E-state index in [9.17, 15) is 14.7 Å². The first-order valence-corrected chi connectivity index (χ1v) is 11.2. The Morgan fingerprint density at radius 3 is 2.22 bits per heavy atom. The van der Waals surface area contributed by atoms with Crippen molar-refractivity contribution in [3.8, 4) is 0 Å². The summed E-state index contributed by atoms with van der Waals surface area (Å²) in [6.45, 7) is 7.86. The highest BCUT2D eigenvalue weighted by molar-refractivity contribution is 5.92. The average molecular weight is 439 g/mol. The molecule has 2 N–H and O–H groups in total. The van der Waals surface area contributed by atoms with E-state index in [1.165, 1.54) is 18.2 Å². The predicted octanol–water partition coefficient (Wildman–Crippen LogP) is 4.48. The minimum atomic E-state index is -0.413. The van der Waals surface area contributed by atoms with Crippen LogP contribution in [0.5, 0.6) is 0 Å². The number of esters is 1. The van der Waals surface area contributed by atoms with Crippen LogP contribution >= 0.6 is 0 Å². The Morgan fingerprint density at radius 1 is 1.03 bits per heavy atom. The molecular weight excluding hydrogens is 404 g/mol. The maximum atomic E-state index is 12.7. The van der Waals surface area contributed by atoms with Crippen LogP contribution in [0.15, 0.2) is 48.5 Å². The lowest BCUT2D eigenvalue weighted by Crippen LogP contribution is -2.33. The van der Waals surface area contributed by atoms with Gasteiger partial charge in [-0.3, -0.25) is 0 Å². The monoisotopic (exact) mass is 438 g/mol. The number of amides is 2. The quantitative estimate of drug-likeness (QED) is 0.652. The Morgan fingerprint density at radius 2 is 1.66 bits per heavy atom. The number of likely N-dealkylation sites (tertiary alicyclic amines) is 1. The molecule has 0 saturated carbocycles. The van der Waals surface area contributed by atoms with Crippen LogP contribution in [0.1, 0.15) is 48.7 Å². The minimum absolute atomic E-state index is 0.0746. The number of ether oxygens (including phenoxy) is 1. The van der Waals surface area contributed by atoms with E-state index in [2.05, 4.69) is 50.4 Å². The SMILES string of the molecule is COC(=O)c1ccc(NC(=O)N2C[C@@H](CCc3ccc(C(C)(C)C)cc3)[C@@H](CO)C2)cc1. The molecule has 0 bridgehead atoms. The molecule has 1 aliphatic heterocycles. The second-order valence-electron chi connectivity index (χ2n) is 9.59. The van der Waals surface area contributed by atoms with E-state index in [-0.39, 0.29) is 29.9 Å². The summed E-state index contributed by atoms with van der Waals surface area (Å²) in [4.78, 5) is 26.1. The molecule has 2 amide bonds. The summed E-state index contributed by atoms with van der Waals surface area (Å²) in [7, 11) is 1.33. The van der Waals surface area contributed by atoms with Gasteiger partial charge in [0, 0.05) is 31.3 Å². The summed E-state index contributed by atoms with van der Waals surface area (Å²) >= 11 is 0. The number of hydrogen-bond donors (Lipinski definition) is 2. The number of benzene rings is 2. The van der Waals surface area contributed by atoms with E-state index < -0.39 is 5.97 Å². The van der Waals surface area contributed by atoms with Crippen molar-refractivity contribution in [2.75, 3.05) is 32.1 Å². The van der Waals surface area contributed by atoms with Gasteiger partial charge in [-0.1, -0.05) is 45.0 Å². The number of aliphatic hydroxyl groups excluding tert-OH is 1. The highest BCUT2D eigenvalue weighted by Crippen LogP contribution is 2.29. The molecule has 1 fully saturated rings. The second kappa shape index (κ2) is 10.2. The van der Waals surface area contributed by atoms with Crippen molar-refractivity contribution in [1.29, 1.82) is 0 Å². The second-order valence-corrected chi connectivity index (χ2v) is 9.59. The van der Waals surface area contributed by atoms with Crippen molar-refractivity contribution < 1.29 is 19.4 Å². The van der Waals surface area contributed by atoms with Gasteiger partial charge in [0.2, 0.25) is 0 Å². The summed E-state index contributed by atoms with van der Waals surface area (Å²) in [5.74, 6) is -0.0739. The number of anilines is 1. The van der Waals surface area contributed by atoms with Crippen molar-refractivity contribution in [2.45, 2.75) is 39.0 Å². The number of carbonyl (C=O) groups excluding carboxylic acids is 2. The smallest absolute Gasteiger partial charge is 0.337 e. The third kappa shape index (κ3) is 5.88. The molecule has 3 rings (SSSR count). The van der Waals surface area contributed by atoms with E-state index >= 15 is 0 Å². The van der Waals surface area contributed by atoms with E-state index in [4.69, 9.17) is 4.74 Å². The zero-order chi connectivity index (χ0) is 23.3. The Bertz CT molecular complexity index is 916. The third-order valence-corrected chi connectivity index (χ3v) is 6.28. The summed E-state index contributed by atoms with van der Waals surface area (Å²) in [6.07, 6.45) is 1.85. The molecule has 6 nitrogen and oxygen atoms in total. The zero-order valence-electron chi connectivity index (χ0n) is 19.4. The molecule has 0 spiro atoms. The molecule has 0 unspecified atom stereocenters. The molecule has 1 heterocycles. The van der Waals surface area contributed by atoms with Crippen LogP contribution in [-0.4, -0.2) is 48.8 Å². The number of hydrogen-bond acceptors (Lipinski definition) is 4. The number of nitrogens with one attached hydrogen (secondary N) is 1. The van der Waals surface area contributed by atoms with Crippen LogP contribution < -0.4 is 5.32 Å². The van der Waals surface area contributed by atoms with Gasteiger partial charge in [-0.2, -0.15) is 0 Å². The van der Waals surface area contributed by atoms with Crippen LogP contribution in [0.25, 0.3) is 0 Å². The van der Waals surface area contributed by atoms with Crippen LogP contribution in [0, 0.1) is 11.8 Å². The van der Waals surface area contributed by atoms with Gasteiger partial charge in [0.05, 0.1) is 12.7 Å². The lowest BCUT2D eigenvalue weighted by Gasteiger charge is -2.20. The van der Waals surface area contributed by atoms with Crippen LogP contribution in [0.3, 0.4) is 0 Å². The van der Waals surface area contributed by atoms with E-state index in [0.717, 1.165) is 12.8 Å². The fraction of sp³-hybridized carbons (Fsp3) is 0.462. The fourth-order valence-corrected chi connectivity index (χ4v) is 4.17. The van der Waals surface area contributed by atoms with Gasteiger partial charge in [-0.05, 0) is 59.6 Å². The molecule has 32 heavy (non-hydrogen) atoms. The molecule has 0 aromatic heterocycles. The lowest BCUT2D eigenvalue weighted by atomic mass is 9.85. The maximum Gasteiger partial charge on any atom is 0.337 e. The summed E-state index contributed by atoms with van der Waals surface area (Å²) in [5, 5.41) is 12.7. The Labute approximate surface area is 190 Å². The average Bonchev–Trinajstić information content (AvgIpc) is 3.21. The molecule has 6 heteroatoms. The number of aliphatic hydroxyl groups is 1. The normalized spacial score (nSPS) is 18.5. The van der Waals surface area contributed by atoms with Crippen LogP contribution in [-0.2, 0) is 16.6 Å². The Hall–Kier alpha value is -2.86. The Balaban J connectivity index is 1.55. The number of methoxy groups -OCH3 is 1. The molecule has 0 radical (unpaired) electrons. The highest BCUT2D eigenvalue weighted by Gasteiger charge is 2.34. The van der Waals surface area contributed by atoms with E-state index in [0.29, 0.717) is 24.3 Å². The van der Waals surface area contributed by atoms with E-state index in [1.54, 1.807) is 29.2 Å². The zero-order valence-corrected chi connectivity index (χ0v) is 19.4. The number of urea groups is 1. The number of nitrogens with zero attached hydrogens (tertiary/aromatic N) is 1. The topological polar surface area (TPSA) is 78.9 Å². The van der Waals surface area contributed by atoms with Gasteiger partial charge in [0.1, 0.15) is 0 Å². The van der Waals surface area contributed by atoms with Gasteiger partial charge >= 0.3 is 12.0 Å². The third-order valence-electron chi connectivity index (χ3n) is 6.28. The first kappa shape index (κ1) is 23.8. The molecular formula is C26H34N2O4. The van der Waals surface area contributed by atoms with Gasteiger partial charge in [-0.15, -0.1) is 0 Å². The standard InChI is InChI=1S/C26H34N2O4/c1-26(2,3)22-11-6-18(7-12-22)5-8-20-15-28(16-21(20)17-29)25(31)27-23-13-9-19(10-14-23)24(30)32-4/h6-7,9-14,20-21,29H,5,8,15-17H2,1-4H3,(H,27,31)/t20-,21-/m1/s1. The molecule has 172 valence electrons. The fourth-order valence-electron chi connectivity index (χ4n) is 4.17. The molecule has 1 saturated heterocycles. The van der Waals surface area contributed by atoms with Crippen LogP contribution in [0.4, 0.5) is 10.5 Å². The van der Waals surface area contributed by atoms with Crippen molar-refractivity contribution in [2.24, 2.45) is 11.8 Å². The number of carbonyl (C=O) groups is 2. The van der Waals surface area contributed by atoms with Crippen molar-refractivity contribution in [1.82, 2.24) is 4.90 Å². The lowest BCUT2D eigenvalue weighted by molar-refractivity contribution is 0.0600. The van der Waals surface area contributed by atoms with Gasteiger partial charge in [-0.25, -0.2) is 9.59 Å². The highest BCUT2D eigenvalue weighted by atomic mass is 16.5. The molecule has 2 atom stereocenters. The van der Waals surface area contributed by atoms with Gasteiger partial charge in [0.15, 0.2) is 0 Å². The molecule has 0 aliphatic carbocycles. The van der Waals surface area contributed by atoms with Gasteiger partial charge in [0.25, 0.3) is 0 Å². The van der Waals surface area contributed by atoms with Crippen molar-refractivity contribution in [3.63, 3.8) is 0 Å². The summed E-state index contributed by atoms with van der Waals surface area (Å²) in [5.41, 5.74) is 3.79. The summed E-state index contributed by atoms with van der Waals surface area (Å²) in [6, 6.07) is 15.2. The number of aryl methyl sites for hydroxylation is 1. The van der Waals surface area contributed by atoms with Crippen molar-refractivity contribution in [3.05, 3.63) is 65.2 Å². The first-order valence-electron chi connectivity index (χ1n) is 11.2. The minimum Gasteiger partial charge on any atom is -0.465 e. The largest absolute Gasteiger partial charge is 0.465 e. The maximum absolute atomic E-state index is 12.7. The van der Waals surface area contributed by atoms with E-state index in [1.807, 2.05) is 0 Å². The summed E-state index contributed by atoms with van der Waals surface area (Å²) < 4.78 is 4.69. The molecule has 1 aliphatic rings. The molecule has 2 aromatic rings. The Kier molecular flexibility index (Phi) is 7.56. The van der Waals surface area contributed by atoms with Crippen LogP contribution in [0.2, 0.25) is 0 Å². The van der Waals surface area contributed by atoms with Gasteiger partial charge < -0.3 is 20.1 Å². The van der Waals surface area contributed by atoms with Crippen molar-refractivity contribution >= 4 is 17.7 Å².